The second-order valence-electron chi connectivity index (χ2n) is 11.5. The average Bonchev–Trinajstić information content (AvgIpc) is 3.40. The molecular formula is C33H25Cl3F7N5O5S2. The molecule has 0 fully saturated rings. The van der Waals surface area contributed by atoms with E-state index in [0.29, 0.717) is 23.4 Å². The first-order chi connectivity index (χ1) is 25.3. The fourth-order valence-corrected chi connectivity index (χ4v) is 7.06. The van der Waals surface area contributed by atoms with E-state index in [4.69, 9.17) is 40.1 Å². The van der Waals surface area contributed by atoms with Crippen LogP contribution in [0.5, 0.6) is 0 Å². The van der Waals surface area contributed by atoms with Gasteiger partial charge in [-0.15, -0.1) is 0 Å². The number of rotatable bonds is 9. The van der Waals surface area contributed by atoms with Gasteiger partial charge in [0.05, 0.1) is 33.2 Å². The van der Waals surface area contributed by atoms with Crippen LogP contribution < -0.4 is 16.0 Å². The maximum absolute atomic E-state index is 14.3. The molecule has 10 nitrogen and oxygen atoms in total. The fourth-order valence-electron chi connectivity index (χ4n) is 4.70. The van der Waals surface area contributed by atoms with E-state index >= 15 is 0 Å². The predicted molar refractivity (Wildman–Crippen MR) is 193 cm³/mol. The number of hydrogen-bond acceptors (Lipinski definition) is 8. The quantitative estimate of drug-likeness (QED) is 0.142. The van der Waals surface area contributed by atoms with Gasteiger partial charge in [-0.05, 0) is 61.3 Å². The number of sulfone groups is 1. The van der Waals surface area contributed by atoms with Crippen molar-refractivity contribution in [2.75, 3.05) is 22.6 Å². The number of aryl methyl sites for hydroxylation is 1. The van der Waals surface area contributed by atoms with Crippen molar-refractivity contribution in [1.82, 2.24) is 9.69 Å². The molecule has 0 unspecified atom stereocenters. The van der Waals surface area contributed by atoms with Crippen LogP contribution in [-0.2, 0) is 15.5 Å². The Hall–Kier alpha value is -4.48. The maximum atomic E-state index is 14.3. The number of nitriles is 1. The molecule has 0 aliphatic heterocycles. The summed E-state index contributed by atoms with van der Waals surface area (Å²) >= 11 is 18.5. The lowest BCUT2D eigenvalue weighted by molar-refractivity contribution is -0.348. The van der Waals surface area contributed by atoms with Gasteiger partial charge in [0, 0.05) is 23.5 Å². The van der Waals surface area contributed by atoms with Gasteiger partial charge in [-0.1, -0.05) is 65.1 Å². The SMILES string of the molecule is Cc1cc(C(F)(C(F)(F)F)C(F)(F)F)ccc1NC(=O)c1cccc(Cl)c1C(=O)N[C@@H](C)CS(C)(=O)=O.N#Cc1ccccc1NC(=O)c1snc(Cl)c1Cl. The van der Waals surface area contributed by atoms with Crippen LogP contribution in [0.4, 0.5) is 42.1 Å². The highest BCUT2D eigenvalue weighted by Gasteiger charge is 2.73. The number of benzene rings is 3. The van der Waals surface area contributed by atoms with Crippen LogP contribution in [0.1, 0.15) is 54.0 Å². The molecule has 4 rings (SSSR count). The van der Waals surface area contributed by atoms with Crippen LogP contribution in [0.25, 0.3) is 0 Å². The van der Waals surface area contributed by atoms with E-state index < -0.39 is 62.9 Å². The van der Waals surface area contributed by atoms with E-state index in [-0.39, 0.29) is 48.5 Å². The summed E-state index contributed by atoms with van der Waals surface area (Å²) in [6, 6.07) is 12.7. The summed E-state index contributed by atoms with van der Waals surface area (Å²) in [5, 5.41) is 16.1. The Bertz CT molecular complexity index is 2250. The lowest BCUT2D eigenvalue weighted by Crippen LogP contribution is -2.50. The Morgan fingerprint density at radius 1 is 0.873 bits per heavy atom. The molecule has 0 aliphatic carbocycles. The summed E-state index contributed by atoms with van der Waals surface area (Å²) in [6.07, 6.45) is -11.7. The molecule has 294 valence electrons. The van der Waals surface area contributed by atoms with Crippen molar-refractivity contribution >= 4 is 85.3 Å². The van der Waals surface area contributed by atoms with Gasteiger partial charge in [-0.2, -0.15) is 36.0 Å². The number of carbonyl (C=O) groups is 3. The maximum Gasteiger partial charge on any atom is 0.435 e. The third-order valence-corrected chi connectivity index (χ3v) is 10.4. The number of amides is 3. The first kappa shape index (κ1) is 44.9. The Morgan fingerprint density at radius 2 is 1.47 bits per heavy atom. The summed E-state index contributed by atoms with van der Waals surface area (Å²) in [5.74, 6) is -2.77. The number of carbonyl (C=O) groups excluding carboxylic acids is 3. The van der Waals surface area contributed by atoms with Gasteiger partial charge in [0.15, 0.2) is 5.15 Å². The Morgan fingerprint density at radius 3 is 2.00 bits per heavy atom. The molecule has 1 atom stereocenters. The van der Waals surface area contributed by atoms with Crippen molar-refractivity contribution in [2.24, 2.45) is 0 Å². The third-order valence-electron chi connectivity index (χ3n) is 7.17. The molecule has 0 aliphatic rings. The van der Waals surface area contributed by atoms with Gasteiger partial charge < -0.3 is 16.0 Å². The van der Waals surface area contributed by atoms with E-state index in [1.54, 1.807) is 24.3 Å². The summed E-state index contributed by atoms with van der Waals surface area (Å²) in [6.45, 7) is 2.44. The lowest BCUT2D eigenvalue weighted by Gasteiger charge is -2.30. The second kappa shape index (κ2) is 17.5. The molecule has 3 amide bonds. The van der Waals surface area contributed by atoms with Crippen LogP contribution in [0.3, 0.4) is 0 Å². The standard InChI is InChI=1S/C22H20ClF7N2O4S.C11H5Cl2N3OS/c1-11-9-13(20(24,21(25,26)27)22(28,29)30)7-8-16(11)32-18(33)14-5-4-6-15(23)17(14)19(34)31-12(2)10-37(3,35)36;12-8-9(18-16-10(8)13)11(17)15-7-4-2-1-3-6(7)5-14/h4-9,12H,10H2,1-3H3,(H,31,34)(H,32,33);1-4H,(H,15,17)/t12-;/m0./s1. The first-order valence-electron chi connectivity index (χ1n) is 15.0. The molecular weight excluding hydrogens is 850 g/mol. The monoisotopic (exact) mass is 873 g/mol. The minimum Gasteiger partial charge on any atom is -0.348 e. The van der Waals surface area contributed by atoms with Gasteiger partial charge in [-0.25, -0.2) is 12.8 Å². The minimum absolute atomic E-state index is 0.0976. The lowest BCUT2D eigenvalue weighted by atomic mass is 9.92. The predicted octanol–water partition coefficient (Wildman–Crippen LogP) is 8.93. The van der Waals surface area contributed by atoms with E-state index in [1.165, 1.54) is 25.1 Å². The molecule has 4 aromatic rings. The molecule has 0 radical (unpaired) electrons. The van der Waals surface area contributed by atoms with Crippen LogP contribution >= 0.6 is 46.3 Å². The number of aromatic nitrogens is 1. The third kappa shape index (κ3) is 10.9. The smallest absolute Gasteiger partial charge is 0.348 e. The number of hydrogen-bond donors (Lipinski definition) is 3. The molecule has 0 saturated carbocycles. The van der Waals surface area contributed by atoms with Crippen LogP contribution in [0.15, 0.2) is 60.7 Å². The van der Waals surface area contributed by atoms with Crippen LogP contribution in [0.2, 0.25) is 15.2 Å². The van der Waals surface area contributed by atoms with Gasteiger partial charge in [0.2, 0.25) is 0 Å². The summed E-state index contributed by atoms with van der Waals surface area (Å²) < 4.78 is 119. The van der Waals surface area contributed by atoms with E-state index in [2.05, 4.69) is 20.3 Å². The second-order valence-corrected chi connectivity index (χ2v) is 15.6. The van der Waals surface area contributed by atoms with E-state index in [0.717, 1.165) is 24.7 Å². The Kier molecular flexibility index (Phi) is 14.3. The molecule has 55 heavy (non-hydrogen) atoms. The minimum atomic E-state index is -6.31. The van der Waals surface area contributed by atoms with Gasteiger partial charge in [-0.3, -0.25) is 14.4 Å². The van der Waals surface area contributed by atoms with Crippen molar-refractivity contribution in [2.45, 2.75) is 37.9 Å². The zero-order valence-corrected chi connectivity index (χ0v) is 32.0. The van der Waals surface area contributed by atoms with Gasteiger partial charge >= 0.3 is 18.0 Å². The molecule has 0 spiro atoms. The molecule has 3 N–H and O–H groups in total. The highest BCUT2D eigenvalue weighted by Crippen LogP contribution is 2.53. The summed E-state index contributed by atoms with van der Waals surface area (Å²) in [5.41, 5.74) is -7.87. The summed E-state index contributed by atoms with van der Waals surface area (Å²) in [7, 11) is -3.46. The van der Waals surface area contributed by atoms with Gasteiger partial charge in [0.1, 0.15) is 25.8 Å². The molecule has 1 aromatic heterocycles. The number of nitrogens with one attached hydrogen (secondary N) is 3. The van der Waals surface area contributed by atoms with Gasteiger partial charge in [0.25, 0.3) is 17.7 Å². The van der Waals surface area contributed by atoms with Crippen LogP contribution in [-0.4, -0.2) is 60.9 Å². The molecule has 0 bridgehead atoms. The summed E-state index contributed by atoms with van der Waals surface area (Å²) in [4.78, 5) is 37.7. The van der Waals surface area contributed by atoms with Crippen molar-refractivity contribution in [3.63, 3.8) is 0 Å². The molecule has 1 heterocycles. The van der Waals surface area contributed by atoms with Crippen molar-refractivity contribution in [1.29, 1.82) is 5.26 Å². The number of anilines is 2. The Balaban J connectivity index is 0.000000374. The van der Waals surface area contributed by atoms with Crippen molar-refractivity contribution in [3.05, 3.63) is 109 Å². The first-order valence-corrected chi connectivity index (χ1v) is 18.9. The fraction of sp³-hybridized carbons (Fsp3) is 0.242. The highest BCUT2D eigenvalue weighted by molar-refractivity contribution is 7.90. The highest BCUT2D eigenvalue weighted by atomic mass is 35.5. The number of para-hydroxylation sites is 1. The normalized spacial score (nSPS) is 12.4. The van der Waals surface area contributed by atoms with E-state index in [1.807, 2.05) is 6.07 Å². The largest absolute Gasteiger partial charge is 0.435 e. The van der Waals surface area contributed by atoms with E-state index in [9.17, 15) is 53.5 Å². The molecule has 3 aromatic carbocycles. The molecule has 0 saturated heterocycles. The number of nitrogens with zero attached hydrogens (tertiary/aromatic N) is 2. The van der Waals surface area contributed by atoms with Crippen molar-refractivity contribution < 1.29 is 53.5 Å². The Labute approximate surface area is 327 Å². The average molecular weight is 875 g/mol. The van der Waals surface area contributed by atoms with Crippen LogP contribution in [0, 0.1) is 18.3 Å². The van der Waals surface area contributed by atoms with Crippen molar-refractivity contribution in [3.8, 4) is 6.07 Å². The molecule has 22 heteroatoms. The number of halogens is 10. The zero-order valence-electron chi connectivity index (χ0n) is 28.1. The topological polar surface area (TPSA) is 158 Å². The number of alkyl halides is 7. The zero-order chi connectivity index (χ0) is 41.7.